The molecule has 118 valence electrons. The van der Waals surface area contributed by atoms with Crippen LogP contribution in [0.3, 0.4) is 0 Å². The van der Waals surface area contributed by atoms with Gasteiger partial charge in [0, 0.05) is 24.3 Å². The quantitative estimate of drug-likeness (QED) is 0.854. The Morgan fingerprint density at radius 1 is 1.24 bits per heavy atom. The fourth-order valence-corrected chi connectivity index (χ4v) is 3.40. The van der Waals surface area contributed by atoms with Gasteiger partial charge in [-0.1, -0.05) is 26.7 Å². The van der Waals surface area contributed by atoms with Crippen molar-refractivity contribution < 1.29 is 4.39 Å². The van der Waals surface area contributed by atoms with Gasteiger partial charge in [0.15, 0.2) is 0 Å². The molecule has 1 aliphatic carbocycles. The summed E-state index contributed by atoms with van der Waals surface area (Å²) in [5, 5.41) is 0. The number of hydrogen-bond acceptors (Lipinski definition) is 2. The first-order valence-corrected chi connectivity index (χ1v) is 8.28. The molecule has 2 nitrogen and oxygen atoms in total. The Hall–Kier alpha value is -1.09. The van der Waals surface area contributed by atoms with Gasteiger partial charge in [-0.05, 0) is 55.9 Å². The normalized spacial score (nSPS) is 17.4. The molecule has 0 aliphatic heterocycles. The van der Waals surface area contributed by atoms with E-state index in [2.05, 4.69) is 18.7 Å². The molecule has 0 amide bonds. The molecule has 2 N–H and O–H groups in total. The van der Waals surface area contributed by atoms with E-state index in [9.17, 15) is 4.39 Å². The van der Waals surface area contributed by atoms with Crippen molar-refractivity contribution in [1.82, 2.24) is 0 Å². The molecule has 3 heteroatoms. The third-order valence-electron chi connectivity index (χ3n) is 4.22. The van der Waals surface area contributed by atoms with Crippen molar-refractivity contribution >= 4 is 5.69 Å². The summed E-state index contributed by atoms with van der Waals surface area (Å²) in [5.41, 5.74) is 8.20. The third-order valence-corrected chi connectivity index (χ3v) is 4.22. The van der Waals surface area contributed by atoms with Gasteiger partial charge < -0.3 is 10.6 Å². The number of anilines is 1. The van der Waals surface area contributed by atoms with E-state index in [-0.39, 0.29) is 11.9 Å². The summed E-state index contributed by atoms with van der Waals surface area (Å²) >= 11 is 0. The summed E-state index contributed by atoms with van der Waals surface area (Å²) < 4.78 is 13.6. The average molecular weight is 292 g/mol. The van der Waals surface area contributed by atoms with E-state index in [0.717, 1.165) is 18.5 Å². The molecule has 0 radical (unpaired) electrons. The molecule has 0 aromatic heterocycles. The van der Waals surface area contributed by atoms with Crippen molar-refractivity contribution in [1.29, 1.82) is 0 Å². The van der Waals surface area contributed by atoms with Crippen LogP contribution in [0.1, 0.15) is 52.0 Å². The maximum atomic E-state index is 13.6. The lowest BCUT2D eigenvalue weighted by molar-refractivity contribution is 0.532. The number of nitrogens with two attached hydrogens (primary N) is 1. The summed E-state index contributed by atoms with van der Waals surface area (Å²) in [6.07, 6.45) is 5.85. The van der Waals surface area contributed by atoms with Gasteiger partial charge in [-0.25, -0.2) is 4.39 Å². The molecular formula is C18H29FN2. The molecule has 1 saturated carbocycles. The van der Waals surface area contributed by atoms with E-state index in [1.807, 2.05) is 13.0 Å². The largest absolute Gasteiger partial charge is 0.368 e. The first kappa shape index (κ1) is 16.3. The highest BCUT2D eigenvalue weighted by molar-refractivity contribution is 5.55. The number of nitrogens with zero attached hydrogens (tertiary/aromatic N) is 1. The predicted octanol–water partition coefficient (Wildman–Crippen LogP) is 4.12. The lowest BCUT2D eigenvalue weighted by atomic mass is 10.0. The molecule has 0 bridgehead atoms. The zero-order valence-electron chi connectivity index (χ0n) is 13.6. The lowest BCUT2D eigenvalue weighted by Gasteiger charge is -2.34. The van der Waals surface area contributed by atoms with Crippen molar-refractivity contribution in [2.24, 2.45) is 11.7 Å². The highest BCUT2D eigenvalue weighted by atomic mass is 19.1. The van der Waals surface area contributed by atoms with Crippen LogP contribution in [-0.4, -0.2) is 18.6 Å². The second-order valence-electron chi connectivity index (χ2n) is 6.94. The summed E-state index contributed by atoms with van der Waals surface area (Å²) in [7, 11) is 0. The van der Waals surface area contributed by atoms with Gasteiger partial charge in [-0.3, -0.25) is 0 Å². The highest BCUT2D eigenvalue weighted by Gasteiger charge is 2.25. The SMILES string of the molecule is CC(C)CN(c1ccc(F)cc1CC(C)N)C1CCCC1. The average Bonchev–Trinajstić information content (AvgIpc) is 2.89. The summed E-state index contributed by atoms with van der Waals surface area (Å²) in [4.78, 5) is 2.51. The van der Waals surface area contributed by atoms with Gasteiger partial charge in [0.25, 0.3) is 0 Å². The Morgan fingerprint density at radius 2 is 1.90 bits per heavy atom. The Labute approximate surface area is 128 Å². The molecule has 1 unspecified atom stereocenters. The lowest BCUT2D eigenvalue weighted by Crippen LogP contribution is -2.37. The number of benzene rings is 1. The van der Waals surface area contributed by atoms with Gasteiger partial charge in [-0.15, -0.1) is 0 Å². The Kier molecular flexibility index (Phi) is 5.63. The van der Waals surface area contributed by atoms with E-state index in [1.54, 1.807) is 12.1 Å². The second-order valence-corrected chi connectivity index (χ2v) is 6.94. The fraction of sp³-hybridized carbons (Fsp3) is 0.667. The molecular weight excluding hydrogens is 263 g/mol. The summed E-state index contributed by atoms with van der Waals surface area (Å²) in [6.45, 7) is 7.51. The topological polar surface area (TPSA) is 29.3 Å². The van der Waals surface area contributed by atoms with Crippen LogP contribution in [0.15, 0.2) is 18.2 Å². The van der Waals surface area contributed by atoms with E-state index < -0.39 is 0 Å². The molecule has 0 heterocycles. The molecule has 1 aromatic carbocycles. The summed E-state index contributed by atoms with van der Waals surface area (Å²) in [6, 6.07) is 5.86. The van der Waals surface area contributed by atoms with Crippen molar-refractivity contribution in [3.05, 3.63) is 29.6 Å². The first-order chi connectivity index (χ1) is 9.97. The van der Waals surface area contributed by atoms with Crippen LogP contribution in [0.4, 0.5) is 10.1 Å². The predicted molar refractivity (Wildman–Crippen MR) is 88.2 cm³/mol. The summed E-state index contributed by atoms with van der Waals surface area (Å²) in [5.74, 6) is 0.434. The molecule has 0 saturated heterocycles. The van der Waals surface area contributed by atoms with Crippen molar-refractivity contribution in [3.8, 4) is 0 Å². The minimum Gasteiger partial charge on any atom is -0.368 e. The van der Waals surface area contributed by atoms with E-state index >= 15 is 0 Å². The maximum Gasteiger partial charge on any atom is 0.123 e. The molecule has 1 fully saturated rings. The molecule has 2 rings (SSSR count). The van der Waals surface area contributed by atoms with E-state index in [4.69, 9.17) is 5.73 Å². The van der Waals surface area contributed by atoms with Crippen molar-refractivity contribution in [2.45, 2.75) is 65.0 Å². The van der Waals surface area contributed by atoms with E-state index in [0.29, 0.717) is 12.0 Å². The minimum absolute atomic E-state index is 0.0510. The van der Waals surface area contributed by atoms with Gasteiger partial charge >= 0.3 is 0 Å². The molecule has 1 atom stereocenters. The Morgan fingerprint density at radius 3 is 2.48 bits per heavy atom. The zero-order valence-corrected chi connectivity index (χ0v) is 13.6. The number of hydrogen-bond donors (Lipinski definition) is 1. The van der Waals surface area contributed by atoms with Crippen LogP contribution < -0.4 is 10.6 Å². The van der Waals surface area contributed by atoms with Crippen molar-refractivity contribution in [2.75, 3.05) is 11.4 Å². The van der Waals surface area contributed by atoms with Crippen molar-refractivity contribution in [3.63, 3.8) is 0 Å². The molecule has 1 aliphatic rings. The van der Waals surface area contributed by atoms with Crippen LogP contribution >= 0.6 is 0 Å². The van der Waals surface area contributed by atoms with Crippen LogP contribution in [0.25, 0.3) is 0 Å². The van der Waals surface area contributed by atoms with Gasteiger partial charge in [-0.2, -0.15) is 0 Å². The van der Waals surface area contributed by atoms with E-state index in [1.165, 1.54) is 31.4 Å². The van der Waals surface area contributed by atoms with Crippen LogP contribution in [-0.2, 0) is 6.42 Å². The molecule has 21 heavy (non-hydrogen) atoms. The monoisotopic (exact) mass is 292 g/mol. The standard InChI is InChI=1S/C18H29FN2/c1-13(2)12-21(17-6-4-5-7-17)18-9-8-16(19)11-15(18)10-14(3)20/h8-9,11,13-14,17H,4-7,10,12,20H2,1-3H3. The number of halogens is 1. The minimum atomic E-state index is -0.162. The van der Waals surface area contributed by atoms with Crippen LogP contribution in [0.2, 0.25) is 0 Å². The third kappa shape index (κ3) is 4.44. The Bertz CT molecular complexity index is 451. The maximum absolute atomic E-state index is 13.6. The van der Waals surface area contributed by atoms with Crippen LogP contribution in [0.5, 0.6) is 0 Å². The van der Waals surface area contributed by atoms with Gasteiger partial charge in [0.2, 0.25) is 0 Å². The fourth-order valence-electron chi connectivity index (χ4n) is 3.40. The first-order valence-electron chi connectivity index (χ1n) is 8.28. The molecule has 0 spiro atoms. The molecule has 1 aromatic rings. The zero-order chi connectivity index (χ0) is 15.4. The highest BCUT2D eigenvalue weighted by Crippen LogP contribution is 2.32. The van der Waals surface area contributed by atoms with Crippen LogP contribution in [0, 0.1) is 11.7 Å². The number of rotatable bonds is 6. The van der Waals surface area contributed by atoms with Gasteiger partial charge in [0.1, 0.15) is 5.82 Å². The smallest absolute Gasteiger partial charge is 0.123 e. The Balaban J connectivity index is 2.33. The second kappa shape index (κ2) is 7.26. The van der Waals surface area contributed by atoms with Gasteiger partial charge in [0.05, 0.1) is 0 Å².